The third-order valence-electron chi connectivity index (χ3n) is 7.93. The standard InChI is InChI=1S/C24H32N2O3/c1-29-20-6-4-16(5-7-20)15-25-22(27)21-3-2-8-26(21)23(28)24-12-17-9-18(13-24)11-19(10-17)14-24/h4-7,17-19,21H,2-3,8-15H2,1H3,(H,25,27). The van der Waals surface area contributed by atoms with Crippen molar-refractivity contribution in [2.75, 3.05) is 13.7 Å². The highest BCUT2D eigenvalue weighted by atomic mass is 16.5. The van der Waals surface area contributed by atoms with Crippen LogP contribution in [0.15, 0.2) is 24.3 Å². The van der Waals surface area contributed by atoms with Gasteiger partial charge in [0.2, 0.25) is 11.8 Å². The lowest BCUT2D eigenvalue weighted by atomic mass is 9.49. The van der Waals surface area contributed by atoms with E-state index in [1.807, 2.05) is 29.2 Å². The molecule has 6 rings (SSSR count). The van der Waals surface area contributed by atoms with Gasteiger partial charge in [0.25, 0.3) is 0 Å². The number of hydrogen-bond donors (Lipinski definition) is 1. The maximum atomic E-state index is 13.7. The second kappa shape index (κ2) is 7.33. The van der Waals surface area contributed by atoms with Crippen molar-refractivity contribution in [3.05, 3.63) is 29.8 Å². The highest BCUT2D eigenvalue weighted by Crippen LogP contribution is 2.60. The summed E-state index contributed by atoms with van der Waals surface area (Å²) in [4.78, 5) is 28.6. The van der Waals surface area contributed by atoms with E-state index in [2.05, 4.69) is 5.32 Å². The topological polar surface area (TPSA) is 58.6 Å². The predicted molar refractivity (Wildman–Crippen MR) is 110 cm³/mol. The number of carbonyl (C=O) groups is 2. The van der Waals surface area contributed by atoms with Crippen LogP contribution >= 0.6 is 0 Å². The zero-order valence-electron chi connectivity index (χ0n) is 17.4. The largest absolute Gasteiger partial charge is 0.497 e. The molecule has 5 heteroatoms. The number of amides is 2. The van der Waals surface area contributed by atoms with E-state index in [0.29, 0.717) is 12.5 Å². The summed E-state index contributed by atoms with van der Waals surface area (Å²) in [6.07, 6.45) is 8.90. The summed E-state index contributed by atoms with van der Waals surface area (Å²) >= 11 is 0. The molecule has 4 aliphatic carbocycles. The third-order valence-corrected chi connectivity index (χ3v) is 7.93. The van der Waals surface area contributed by atoms with Crippen molar-refractivity contribution in [3.63, 3.8) is 0 Å². The average Bonchev–Trinajstić information content (AvgIpc) is 3.20. The Bertz CT molecular complexity index is 753. The fourth-order valence-electron chi connectivity index (χ4n) is 7.01. The molecule has 1 aromatic rings. The van der Waals surface area contributed by atoms with Gasteiger partial charge in [0.15, 0.2) is 0 Å². The van der Waals surface area contributed by atoms with Crippen LogP contribution in [0.25, 0.3) is 0 Å². The number of likely N-dealkylation sites (tertiary alicyclic amines) is 1. The third kappa shape index (κ3) is 3.43. The van der Waals surface area contributed by atoms with Crippen LogP contribution in [0.3, 0.4) is 0 Å². The Morgan fingerprint density at radius 3 is 2.28 bits per heavy atom. The number of benzene rings is 1. The van der Waals surface area contributed by atoms with Crippen molar-refractivity contribution < 1.29 is 14.3 Å². The fourth-order valence-corrected chi connectivity index (χ4v) is 7.01. The van der Waals surface area contributed by atoms with E-state index in [9.17, 15) is 9.59 Å². The van der Waals surface area contributed by atoms with Gasteiger partial charge in [0.05, 0.1) is 12.5 Å². The Balaban J connectivity index is 1.25. The zero-order valence-corrected chi connectivity index (χ0v) is 17.4. The van der Waals surface area contributed by atoms with Gasteiger partial charge in [0, 0.05) is 13.1 Å². The molecule has 5 aliphatic rings. The number of nitrogens with zero attached hydrogens (tertiary/aromatic N) is 1. The first kappa shape index (κ1) is 19.0. The van der Waals surface area contributed by atoms with E-state index in [0.717, 1.165) is 67.7 Å². The van der Waals surface area contributed by atoms with Crippen LogP contribution < -0.4 is 10.1 Å². The van der Waals surface area contributed by atoms with E-state index in [-0.39, 0.29) is 17.4 Å². The molecule has 29 heavy (non-hydrogen) atoms. The molecular weight excluding hydrogens is 364 g/mol. The minimum atomic E-state index is -0.297. The molecule has 4 saturated carbocycles. The molecule has 0 spiro atoms. The van der Waals surface area contributed by atoms with Crippen LogP contribution in [-0.2, 0) is 16.1 Å². The Morgan fingerprint density at radius 2 is 1.69 bits per heavy atom. The lowest BCUT2D eigenvalue weighted by molar-refractivity contribution is -0.160. The molecule has 5 fully saturated rings. The van der Waals surface area contributed by atoms with E-state index in [4.69, 9.17) is 4.74 Å². The van der Waals surface area contributed by atoms with Gasteiger partial charge in [-0.3, -0.25) is 9.59 Å². The van der Waals surface area contributed by atoms with Crippen LogP contribution in [0.5, 0.6) is 5.75 Å². The van der Waals surface area contributed by atoms with Crippen molar-refractivity contribution in [1.82, 2.24) is 10.2 Å². The number of hydrogen-bond acceptors (Lipinski definition) is 3. The quantitative estimate of drug-likeness (QED) is 0.828. The molecular formula is C24H32N2O3. The van der Waals surface area contributed by atoms with Crippen molar-refractivity contribution in [1.29, 1.82) is 0 Å². The van der Waals surface area contributed by atoms with E-state index < -0.39 is 0 Å². The molecule has 156 valence electrons. The van der Waals surface area contributed by atoms with Gasteiger partial charge in [-0.05, 0) is 86.8 Å². The van der Waals surface area contributed by atoms with Crippen molar-refractivity contribution in [2.45, 2.75) is 64.0 Å². The Kier molecular flexibility index (Phi) is 4.79. The molecule has 5 nitrogen and oxygen atoms in total. The average molecular weight is 397 g/mol. The summed E-state index contributed by atoms with van der Waals surface area (Å²) in [6.45, 7) is 1.22. The number of rotatable bonds is 5. The zero-order chi connectivity index (χ0) is 20.0. The summed E-state index contributed by atoms with van der Waals surface area (Å²) in [5, 5.41) is 3.06. The summed E-state index contributed by atoms with van der Waals surface area (Å²) in [6, 6.07) is 7.44. The Morgan fingerprint density at radius 1 is 1.07 bits per heavy atom. The molecule has 1 aromatic carbocycles. The van der Waals surface area contributed by atoms with Crippen LogP contribution in [-0.4, -0.2) is 36.4 Å². The SMILES string of the molecule is COc1ccc(CNC(=O)C2CCCN2C(=O)C23CC4CC(CC(C4)C2)C3)cc1. The minimum Gasteiger partial charge on any atom is -0.497 e. The van der Waals surface area contributed by atoms with Gasteiger partial charge in [-0.2, -0.15) is 0 Å². The first-order chi connectivity index (χ1) is 14.1. The molecule has 0 radical (unpaired) electrons. The number of ether oxygens (including phenoxy) is 1. The second-order valence-corrected chi connectivity index (χ2v) is 9.92. The summed E-state index contributed by atoms with van der Waals surface area (Å²) in [5.74, 6) is 3.33. The van der Waals surface area contributed by atoms with Crippen molar-refractivity contribution in [3.8, 4) is 5.75 Å². The molecule has 0 aromatic heterocycles. The maximum absolute atomic E-state index is 13.7. The lowest BCUT2D eigenvalue weighted by Gasteiger charge is -2.56. The van der Waals surface area contributed by atoms with Crippen molar-refractivity contribution >= 4 is 11.8 Å². The van der Waals surface area contributed by atoms with Gasteiger partial charge in [-0.1, -0.05) is 12.1 Å². The number of carbonyl (C=O) groups excluding carboxylic acids is 2. The Hall–Kier alpha value is -2.04. The molecule has 1 saturated heterocycles. The molecule has 4 bridgehead atoms. The highest BCUT2D eigenvalue weighted by Gasteiger charge is 2.56. The molecule has 2 amide bonds. The molecule has 1 N–H and O–H groups in total. The number of nitrogens with one attached hydrogen (secondary N) is 1. The summed E-state index contributed by atoms with van der Waals surface area (Å²) in [5.41, 5.74) is 0.879. The smallest absolute Gasteiger partial charge is 0.243 e. The van der Waals surface area contributed by atoms with Crippen LogP contribution in [0.4, 0.5) is 0 Å². The highest BCUT2D eigenvalue weighted by molar-refractivity contribution is 5.91. The van der Waals surface area contributed by atoms with Crippen LogP contribution in [0.2, 0.25) is 0 Å². The molecule has 1 aliphatic heterocycles. The summed E-state index contributed by atoms with van der Waals surface area (Å²) in [7, 11) is 1.65. The van der Waals surface area contributed by atoms with Crippen molar-refractivity contribution in [2.24, 2.45) is 23.2 Å². The summed E-state index contributed by atoms with van der Waals surface area (Å²) < 4.78 is 5.19. The van der Waals surface area contributed by atoms with Gasteiger partial charge in [-0.15, -0.1) is 0 Å². The van der Waals surface area contributed by atoms with E-state index in [1.165, 1.54) is 19.3 Å². The molecule has 1 heterocycles. The van der Waals surface area contributed by atoms with Crippen LogP contribution in [0.1, 0.15) is 56.9 Å². The molecule has 1 atom stereocenters. The monoisotopic (exact) mass is 396 g/mol. The second-order valence-electron chi connectivity index (χ2n) is 9.92. The van der Waals surface area contributed by atoms with Gasteiger partial charge >= 0.3 is 0 Å². The first-order valence-corrected chi connectivity index (χ1v) is 11.3. The van der Waals surface area contributed by atoms with Gasteiger partial charge in [-0.25, -0.2) is 0 Å². The molecule has 1 unspecified atom stereocenters. The lowest BCUT2D eigenvalue weighted by Crippen LogP contribution is -2.57. The first-order valence-electron chi connectivity index (χ1n) is 11.3. The number of methoxy groups -OCH3 is 1. The fraction of sp³-hybridized carbons (Fsp3) is 0.667. The normalized spacial score (nSPS) is 35.0. The van der Waals surface area contributed by atoms with E-state index >= 15 is 0 Å². The van der Waals surface area contributed by atoms with E-state index in [1.54, 1.807) is 7.11 Å². The predicted octanol–water partition coefficient (Wildman–Crippen LogP) is 3.52. The van der Waals surface area contributed by atoms with Gasteiger partial charge < -0.3 is 15.0 Å². The van der Waals surface area contributed by atoms with Gasteiger partial charge in [0.1, 0.15) is 11.8 Å². The minimum absolute atomic E-state index is 0.00334. The van der Waals surface area contributed by atoms with Crippen LogP contribution in [0, 0.1) is 23.2 Å². The maximum Gasteiger partial charge on any atom is 0.243 e. The Labute approximate surface area is 173 Å².